The Morgan fingerprint density at radius 3 is 2.54 bits per heavy atom. The van der Waals surface area contributed by atoms with Crippen molar-refractivity contribution in [3.8, 4) is 11.5 Å². The zero-order valence-corrected chi connectivity index (χ0v) is 6.94. The van der Waals surface area contributed by atoms with E-state index in [1.807, 2.05) is 0 Å². The molecule has 1 rings (SSSR count). The summed E-state index contributed by atoms with van der Waals surface area (Å²) in [5.41, 5.74) is 0.0876. The Labute approximate surface area is 74.5 Å². The molecule has 0 spiro atoms. The summed E-state index contributed by atoms with van der Waals surface area (Å²) in [5.74, 6) is -0.953. The molecule has 0 unspecified atom stereocenters. The molecule has 0 heterocycles. The highest BCUT2D eigenvalue weighted by Gasteiger charge is 2.06. The lowest BCUT2D eigenvalue weighted by atomic mass is 10.2. The van der Waals surface area contributed by atoms with Crippen LogP contribution < -0.4 is 4.74 Å². The molecule has 0 aliphatic carbocycles. The molecular formula is C8H10O5. The van der Waals surface area contributed by atoms with Gasteiger partial charge < -0.3 is 20.4 Å². The Kier molecular flexibility index (Phi) is 3.74. The third-order valence-corrected chi connectivity index (χ3v) is 1.43. The molecule has 0 aliphatic rings. The van der Waals surface area contributed by atoms with Gasteiger partial charge in [-0.3, -0.25) is 0 Å². The van der Waals surface area contributed by atoms with Crippen molar-refractivity contribution in [2.24, 2.45) is 0 Å². The van der Waals surface area contributed by atoms with E-state index in [1.165, 1.54) is 25.3 Å². The summed E-state index contributed by atoms with van der Waals surface area (Å²) in [5, 5.41) is 17.7. The highest BCUT2D eigenvalue weighted by molar-refractivity contribution is 5.88. The van der Waals surface area contributed by atoms with Gasteiger partial charge in [-0.1, -0.05) is 0 Å². The summed E-state index contributed by atoms with van der Waals surface area (Å²) in [6.07, 6.45) is 0. The molecule has 0 saturated heterocycles. The lowest BCUT2D eigenvalue weighted by Gasteiger charge is -2.02. The average Bonchev–Trinajstić information content (AvgIpc) is 2.05. The first-order chi connectivity index (χ1) is 5.65. The second-order valence-corrected chi connectivity index (χ2v) is 2.19. The van der Waals surface area contributed by atoms with Crippen molar-refractivity contribution in [1.82, 2.24) is 0 Å². The van der Waals surface area contributed by atoms with Crippen LogP contribution >= 0.6 is 0 Å². The van der Waals surface area contributed by atoms with Crippen LogP contribution in [0.4, 0.5) is 0 Å². The number of aromatic hydroxyl groups is 1. The Hall–Kier alpha value is -1.75. The predicted octanol–water partition coefficient (Wildman–Crippen LogP) is 0.274. The first-order valence-electron chi connectivity index (χ1n) is 3.25. The number of carboxylic acid groups (broad SMARTS) is 1. The van der Waals surface area contributed by atoms with Crippen molar-refractivity contribution in [3.63, 3.8) is 0 Å². The number of benzene rings is 1. The maximum absolute atomic E-state index is 10.4. The topological polar surface area (TPSA) is 98.3 Å². The van der Waals surface area contributed by atoms with Gasteiger partial charge in [-0.25, -0.2) is 4.79 Å². The van der Waals surface area contributed by atoms with Crippen LogP contribution in [0.15, 0.2) is 18.2 Å². The fourth-order valence-electron chi connectivity index (χ4n) is 0.811. The van der Waals surface area contributed by atoms with Crippen LogP contribution in [0, 0.1) is 0 Å². The molecule has 1 aromatic rings. The largest absolute Gasteiger partial charge is 0.504 e. The van der Waals surface area contributed by atoms with Gasteiger partial charge in [-0.15, -0.1) is 0 Å². The molecule has 4 N–H and O–H groups in total. The van der Waals surface area contributed by atoms with Gasteiger partial charge in [0.15, 0.2) is 11.5 Å². The quantitative estimate of drug-likeness (QED) is 0.692. The molecule has 0 aliphatic heterocycles. The molecule has 0 atom stereocenters. The Morgan fingerprint density at radius 1 is 1.46 bits per heavy atom. The minimum atomic E-state index is -1.05. The van der Waals surface area contributed by atoms with E-state index in [0.717, 1.165) is 0 Å². The molecule has 5 heteroatoms. The summed E-state index contributed by atoms with van der Waals surface area (Å²) in [6.45, 7) is 0. The van der Waals surface area contributed by atoms with Gasteiger partial charge in [0, 0.05) is 0 Å². The number of aromatic carboxylic acids is 1. The SMILES string of the molecule is COc1cc(C(=O)O)ccc1O.O. The molecule has 13 heavy (non-hydrogen) atoms. The van der Waals surface area contributed by atoms with E-state index in [2.05, 4.69) is 0 Å². The molecule has 0 radical (unpaired) electrons. The van der Waals surface area contributed by atoms with Gasteiger partial charge in [-0.2, -0.15) is 0 Å². The summed E-state index contributed by atoms with van der Waals surface area (Å²) in [6, 6.07) is 3.85. The van der Waals surface area contributed by atoms with Crippen molar-refractivity contribution < 1.29 is 25.2 Å². The van der Waals surface area contributed by atoms with E-state index in [4.69, 9.17) is 14.9 Å². The standard InChI is InChI=1S/C8H8O4.H2O/c1-12-7-4-5(8(10)11)2-3-6(7)9;/h2-4,9H,1H3,(H,10,11);1H2. The molecule has 0 aromatic heterocycles. The molecule has 0 fully saturated rings. The number of rotatable bonds is 2. The molecule has 0 saturated carbocycles. The highest BCUT2D eigenvalue weighted by Crippen LogP contribution is 2.25. The predicted molar refractivity (Wildman–Crippen MR) is 45.2 cm³/mol. The van der Waals surface area contributed by atoms with Gasteiger partial charge in [0.1, 0.15) is 0 Å². The normalized spacial score (nSPS) is 8.69. The zero-order chi connectivity index (χ0) is 9.14. The number of carbonyl (C=O) groups is 1. The van der Waals surface area contributed by atoms with Gasteiger partial charge in [0.05, 0.1) is 12.7 Å². The van der Waals surface area contributed by atoms with E-state index >= 15 is 0 Å². The fourth-order valence-corrected chi connectivity index (χ4v) is 0.811. The maximum atomic E-state index is 10.4. The number of methoxy groups -OCH3 is 1. The number of phenolic OH excluding ortho intramolecular Hbond substituents is 1. The molecule has 5 nitrogen and oxygen atoms in total. The monoisotopic (exact) mass is 186 g/mol. The van der Waals surface area contributed by atoms with Crippen molar-refractivity contribution in [3.05, 3.63) is 23.8 Å². The summed E-state index contributed by atoms with van der Waals surface area (Å²) >= 11 is 0. The zero-order valence-electron chi connectivity index (χ0n) is 6.94. The van der Waals surface area contributed by atoms with Crippen molar-refractivity contribution in [2.75, 3.05) is 7.11 Å². The number of ether oxygens (including phenoxy) is 1. The minimum absolute atomic E-state index is 0. The van der Waals surface area contributed by atoms with Crippen LogP contribution in [0.5, 0.6) is 11.5 Å². The summed E-state index contributed by atoms with van der Waals surface area (Å²) in [4.78, 5) is 10.4. The first-order valence-corrected chi connectivity index (χ1v) is 3.25. The van der Waals surface area contributed by atoms with Crippen LogP contribution in [-0.2, 0) is 0 Å². The van der Waals surface area contributed by atoms with Crippen LogP contribution in [-0.4, -0.2) is 28.8 Å². The van der Waals surface area contributed by atoms with Crippen LogP contribution in [0.3, 0.4) is 0 Å². The van der Waals surface area contributed by atoms with Gasteiger partial charge in [0.2, 0.25) is 0 Å². The number of hydrogen-bond acceptors (Lipinski definition) is 3. The van der Waals surface area contributed by atoms with Crippen molar-refractivity contribution in [1.29, 1.82) is 0 Å². The number of phenols is 1. The molecule has 1 aromatic carbocycles. The van der Waals surface area contributed by atoms with Crippen LogP contribution in [0.1, 0.15) is 10.4 Å². The molecule has 72 valence electrons. The summed E-state index contributed by atoms with van der Waals surface area (Å²) < 4.78 is 4.72. The van der Waals surface area contributed by atoms with E-state index in [-0.39, 0.29) is 22.5 Å². The lowest BCUT2D eigenvalue weighted by Crippen LogP contribution is -1.96. The minimum Gasteiger partial charge on any atom is -0.504 e. The van der Waals surface area contributed by atoms with Crippen LogP contribution in [0.2, 0.25) is 0 Å². The van der Waals surface area contributed by atoms with Crippen LogP contribution in [0.25, 0.3) is 0 Å². The van der Waals surface area contributed by atoms with E-state index in [9.17, 15) is 4.79 Å². The van der Waals surface area contributed by atoms with Crippen molar-refractivity contribution in [2.45, 2.75) is 0 Å². The molecule has 0 amide bonds. The van der Waals surface area contributed by atoms with Gasteiger partial charge >= 0.3 is 5.97 Å². The number of carboxylic acids is 1. The number of hydrogen-bond donors (Lipinski definition) is 2. The van der Waals surface area contributed by atoms with E-state index in [1.54, 1.807) is 0 Å². The third-order valence-electron chi connectivity index (χ3n) is 1.43. The second kappa shape index (κ2) is 4.32. The van der Waals surface area contributed by atoms with E-state index in [0.29, 0.717) is 0 Å². The Morgan fingerprint density at radius 2 is 2.08 bits per heavy atom. The highest BCUT2D eigenvalue weighted by atomic mass is 16.5. The Bertz CT molecular complexity index is 307. The Balaban J connectivity index is 0.00000144. The maximum Gasteiger partial charge on any atom is 0.335 e. The fraction of sp³-hybridized carbons (Fsp3) is 0.125. The average molecular weight is 186 g/mol. The smallest absolute Gasteiger partial charge is 0.335 e. The summed E-state index contributed by atoms with van der Waals surface area (Å²) in [7, 11) is 1.36. The molecule has 0 bridgehead atoms. The van der Waals surface area contributed by atoms with E-state index < -0.39 is 5.97 Å². The first kappa shape index (κ1) is 11.2. The lowest BCUT2D eigenvalue weighted by molar-refractivity contribution is 0.0696. The van der Waals surface area contributed by atoms with Gasteiger partial charge in [-0.05, 0) is 18.2 Å². The molecular weight excluding hydrogens is 176 g/mol. The third kappa shape index (κ3) is 2.34. The second-order valence-electron chi connectivity index (χ2n) is 2.19. The van der Waals surface area contributed by atoms with Gasteiger partial charge in [0.25, 0.3) is 0 Å². The van der Waals surface area contributed by atoms with Crippen molar-refractivity contribution >= 4 is 5.97 Å².